The second-order valence-electron chi connectivity index (χ2n) is 5.81. The highest BCUT2D eigenvalue weighted by atomic mass is 16.5. The van der Waals surface area contributed by atoms with E-state index in [1.165, 1.54) is 4.80 Å². The van der Waals surface area contributed by atoms with Gasteiger partial charge in [-0.05, 0) is 24.3 Å². The number of benzene rings is 2. The topological polar surface area (TPSA) is 104 Å². The zero-order valence-electron chi connectivity index (χ0n) is 15.8. The molecule has 0 aliphatic carbocycles. The number of rotatable bonds is 7. The average Bonchev–Trinajstić information content (AvgIpc) is 3.20. The zero-order valence-corrected chi connectivity index (χ0v) is 15.8. The summed E-state index contributed by atoms with van der Waals surface area (Å²) in [7, 11) is 3.14. The first-order chi connectivity index (χ1) is 13.6. The summed E-state index contributed by atoms with van der Waals surface area (Å²) in [5.41, 5.74) is 4.65. The van der Waals surface area contributed by atoms with E-state index in [1.54, 1.807) is 33.3 Å². The molecule has 3 rings (SSSR count). The van der Waals surface area contributed by atoms with Crippen LogP contribution in [0, 0.1) is 0 Å². The number of nitrogens with zero attached hydrogens (tertiary/aromatic N) is 5. The molecule has 0 saturated heterocycles. The van der Waals surface area contributed by atoms with Crippen molar-refractivity contribution in [3.8, 4) is 22.9 Å². The Bertz CT molecular complexity index is 984. The molecule has 0 bridgehead atoms. The summed E-state index contributed by atoms with van der Waals surface area (Å²) >= 11 is 0. The summed E-state index contributed by atoms with van der Waals surface area (Å²) in [6, 6.07) is 14.8. The molecule has 1 heterocycles. The minimum atomic E-state index is -0.371. The lowest BCUT2D eigenvalue weighted by Gasteiger charge is -2.10. The van der Waals surface area contributed by atoms with Crippen molar-refractivity contribution in [1.82, 2.24) is 25.6 Å². The van der Waals surface area contributed by atoms with Gasteiger partial charge in [-0.15, -0.1) is 10.2 Å². The fourth-order valence-electron chi connectivity index (χ4n) is 2.48. The Balaban J connectivity index is 1.65. The van der Waals surface area contributed by atoms with Crippen LogP contribution >= 0.6 is 0 Å². The Morgan fingerprint density at radius 1 is 1.14 bits per heavy atom. The minimum absolute atomic E-state index is 0.101. The van der Waals surface area contributed by atoms with Crippen LogP contribution in [0.1, 0.15) is 12.5 Å². The first kappa shape index (κ1) is 19.0. The highest BCUT2D eigenvalue weighted by Crippen LogP contribution is 2.25. The molecule has 28 heavy (non-hydrogen) atoms. The summed E-state index contributed by atoms with van der Waals surface area (Å²) in [4.78, 5) is 13.4. The third kappa shape index (κ3) is 4.50. The highest BCUT2D eigenvalue weighted by Gasteiger charge is 2.11. The molecule has 0 radical (unpaired) electrons. The quantitative estimate of drug-likeness (QED) is 0.496. The normalized spacial score (nSPS) is 11.2. The smallest absolute Gasteiger partial charge is 0.263 e. The van der Waals surface area contributed by atoms with Gasteiger partial charge in [0.15, 0.2) is 0 Å². The van der Waals surface area contributed by atoms with Crippen molar-refractivity contribution in [2.24, 2.45) is 5.10 Å². The third-order valence-electron chi connectivity index (χ3n) is 3.92. The van der Waals surface area contributed by atoms with Gasteiger partial charge in [0.2, 0.25) is 5.82 Å². The van der Waals surface area contributed by atoms with Gasteiger partial charge in [0.25, 0.3) is 5.91 Å². The lowest BCUT2D eigenvalue weighted by atomic mass is 10.1. The molecule has 0 saturated carbocycles. The van der Waals surface area contributed by atoms with E-state index in [4.69, 9.17) is 9.47 Å². The van der Waals surface area contributed by atoms with Gasteiger partial charge in [-0.1, -0.05) is 30.3 Å². The molecule has 144 valence electrons. The third-order valence-corrected chi connectivity index (χ3v) is 3.92. The monoisotopic (exact) mass is 380 g/mol. The molecule has 1 aromatic heterocycles. The Labute approximate surface area is 162 Å². The molecule has 9 heteroatoms. The molecular formula is C19H20N6O3. The average molecular weight is 380 g/mol. The first-order valence-electron chi connectivity index (χ1n) is 8.49. The minimum Gasteiger partial charge on any atom is -0.497 e. The van der Waals surface area contributed by atoms with E-state index in [1.807, 2.05) is 36.4 Å². The number of hydrazone groups is 1. The van der Waals surface area contributed by atoms with E-state index < -0.39 is 0 Å². The van der Waals surface area contributed by atoms with Crippen LogP contribution in [0.25, 0.3) is 11.4 Å². The van der Waals surface area contributed by atoms with Crippen LogP contribution in [0.3, 0.4) is 0 Å². The largest absolute Gasteiger partial charge is 0.497 e. The van der Waals surface area contributed by atoms with Gasteiger partial charge in [-0.25, -0.2) is 5.43 Å². The van der Waals surface area contributed by atoms with Crippen LogP contribution in [-0.4, -0.2) is 46.0 Å². The van der Waals surface area contributed by atoms with E-state index in [0.717, 1.165) is 11.1 Å². The molecule has 0 aliphatic rings. The molecule has 0 atom stereocenters. The molecule has 0 spiro atoms. The molecule has 2 aromatic carbocycles. The number of hydrogen-bond acceptors (Lipinski definition) is 7. The molecule has 3 aromatic rings. The number of tetrazole rings is 1. The van der Waals surface area contributed by atoms with Crippen LogP contribution in [0.15, 0.2) is 53.6 Å². The summed E-state index contributed by atoms with van der Waals surface area (Å²) in [6.45, 7) is 1.67. The molecule has 1 N–H and O–H groups in total. The van der Waals surface area contributed by atoms with Gasteiger partial charge in [0.1, 0.15) is 18.0 Å². The fraction of sp³-hybridized carbons (Fsp3) is 0.211. The maximum Gasteiger partial charge on any atom is 0.263 e. The van der Waals surface area contributed by atoms with Crippen LogP contribution in [0.2, 0.25) is 0 Å². The van der Waals surface area contributed by atoms with Crippen LogP contribution in [-0.2, 0) is 11.3 Å². The van der Waals surface area contributed by atoms with Gasteiger partial charge >= 0.3 is 0 Å². The van der Waals surface area contributed by atoms with Crippen molar-refractivity contribution < 1.29 is 14.3 Å². The number of methoxy groups -OCH3 is 2. The molecule has 1 amide bonds. The molecule has 0 aliphatic heterocycles. The summed E-state index contributed by atoms with van der Waals surface area (Å²) in [5.74, 6) is 1.35. The SMILES string of the molecule is COc1ccc(C(C)=NNC(=O)Cn2nnc(-c3ccccc3)n2)c(OC)c1. The van der Waals surface area contributed by atoms with Crippen molar-refractivity contribution in [3.63, 3.8) is 0 Å². The fourth-order valence-corrected chi connectivity index (χ4v) is 2.48. The lowest BCUT2D eigenvalue weighted by molar-refractivity contribution is -0.122. The van der Waals surface area contributed by atoms with Crippen LogP contribution < -0.4 is 14.9 Å². The van der Waals surface area contributed by atoms with Crippen molar-refractivity contribution in [2.45, 2.75) is 13.5 Å². The predicted molar refractivity (Wildman–Crippen MR) is 103 cm³/mol. The summed E-state index contributed by atoms with van der Waals surface area (Å²) in [6.07, 6.45) is 0. The summed E-state index contributed by atoms with van der Waals surface area (Å²) in [5, 5.41) is 16.2. The summed E-state index contributed by atoms with van der Waals surface area (Å²) < 4.78 is 10.5. The highest BCUT2D eigenvalue weighted by molar-refractivity contribution is 6.01. The van der Waals surface area contributed by atoms with Gasteiger partial charge < -0.3 is 9.47 Å². The Morgan fingerprint density at radius 2 is 1.93 bits per heavy atom. The number of amides is 1. The van der Waals surface area contributed by atoms with E-state index in [-0.39, 0.29) is 12.5 Å². The van der Waals surface area contributed by atoms with E-state index >= 15 is 0 Å². The number of carbonyl (C=O) groups excluding carboxylic acids is 1. The first-order valence-corrected chi connectivity index (χ1v) is 8.49. The van der Waals surface area contributed by atoms with Crippen molar-refractivity contribution in [3.05, 3.63) is 54.1 Å². The molecule has 0 unspecified atom stereocenters. The van der Waals surface area contributed by atoms with Crippen molar-refractivity contribution in [2.75, 3.05) is 14.2 Å². The van der Waals surface area contributed by atoms with Crippen LogP contribution in [0.5, 0.6) is 11.5 Å². The number of ether oxygens (including phenoxy) is 2. The Morgan fingerprint density at radius 3 is 2.64 bits per heavy atom. The van der Waals surface area contributed by atoms with Gasteiger partial charge in [0, 0.05) is 17.2 Å². The molecule has 0 fully saturated rings. The van der Waals surface area contributed by atoms with Gasteiger partial charge in [-0.2, -0.15) is 9.90 Å². The number of nitrogens with one attached hydrogen (secondary N) is 1. The second-order valence-corrected chi connectivity index (χ2v) is 5.81. The maximum atomic E-state index is 12.2. The van der Waals surface area contributed by atoms with Gasteiger partial charge in [0.05, 0.1) is 19.9 Å². The van der Waals surface area contributed by atoms with Gasteiger partial charge in [-0.3, -0.25) is 4.79 Å². The zero-order chi connectivity index (χ0) is 19.9. The standard InChI is InChI=1S/C19H20N6O3/c1-13(16-10-9-15(27-2)11-17(16)28-3)20-21-18(26)12-25-23-19(22-24-25)14-7-5-4-6-8-14/h4-11H,12H2,1-3H3,(H,21,26). The molecular weight excluding hydrogens is 360 g/mol. The van der Waals surface area contributed by atoms with Crippen LogP contribution in [0.4, 0.5) is 0 Å². The number of aromatic nitrogens is 4. The predicted octanol–water partition coefficient (Wildman–Crippen LogP) is 1.90. The number of hydrogen-bond donors (Lipinski definition) is 1. The maximum absolute atomic E-state index is 12.2. The van der Waals surface area contributed by atoms with E-state index in [0.29, 0.717) is 23.0 Å². The second kappa shape index (κ2) is 8.76. The Hall–Kier alpha value is -3.75. The van der Waals surface area contributed by atoms with E-state index in [9.17, 15) is 4.79 Å². The van der Waals surface area contributed by atoms with Crippen molar-refractivity contribution in [1.29, 1.82) is 0 Å². The number of carbonyl (C=O) groups is 1. The lowest BCUT2D eigenvalue weighted by Crippen LogP contribution is -2.25. The van der Waals surface area contributed by atoms with E-state index in [2.05, 4.69) is 25.9 Å². The molecule has 9 nitrogen and oxygen atoms in total. The van der Waals surface area contributed by atoms with Crippen molar-refractivity contribution >= 4 is 11.6 Å². The Kier molecular flexibility index (Phi) is 5.95.